The number of halogens is 1. The summed E-state index contributed by atoms with van der Waals surface area (Å²) in [5.41, 5.74) is 8.50. The van der Waals surface area contributed by atoms with Crippen molar-refractivity contribution >= 4 is 26.7 Å². The highest BCUT2D eigenvalue weighted by atomic mass is 79.9. The maximum absolute atomic E-state index is 6.44. The average Bonchev–Trinajstić information content (AvgIpc) is 2.53. The molecule has 0 bridgehead atoms. The van der Waals surface area contributed by atoms with Crippen molar-refractivity contribution in [3.63, 3.8) is 0 Å². The van der Waals surface area contributed by atoms with Gasteiger partial charge in [-0.1, -0.05) is 58.4 Å². The summed E-state index contributed by atoms with van der Waals surface area (Å²) in [5, 5.41) is 2.41. The molecular formula is C18H16BrNO. The summed E-state index contributed by atoms with van der Waals surface area (Å²) in [6.07, 6.45) is 0. The molecular weight excluding hydrogens is 326 g/mol. The van der Waals surface area contributed by atoms with Crippen LogP contribution < -0.4 is 10.5 Å². The van der Waals surface area contributed by atoms with Gasteiger partial charge in [0.15, 0.2) is 0 Å². The Labute approximate surface area is 132 Å². The van der Waals surface area contributed by atoms with Gasteiger partial charge in [-0.2, -0.15) is 0 Å². The largest absolute Gasteiger partial charge is 0.496 e. The van der Waals surface area contributed by atoms with E-state index in [1.807, 2.05) is 30.3 Å². The van der Waals surface area contributed by atoms with Gasteiger partial charge in [-0.15, -0.1) is 0 Å². The highest BCUT2D eigenvalue weighted by Gasteiger charge is 2.14. The number of benzene rings is 3. The Morgan fingerprint density at radius 1 is 0.952 bits per heavy atom. The number of methoxy groups -OCH3 is 1. The van der Waals surface area contributed by atoms with Crippen LogP contribution in [0.15, 0.2) is 65.1 Å². The molecule has 0 fully saturated rings. The molecule has 3 rings (SSSR count). The molecule has 0 aliphatic carbocycles. The van der Waals surface area contributed by atoms with Crippen molar-refractivity contribution in [3.8, 4) is 5.75 Å². The van der Waals surface area contributed by atoms with Gasteiger partial charge in [-0.05, 0) is 34.5 Å². The Morgan fingerprint density at radius 3 is 2.48 bits per heavy atom. The topological polar surface area (TPSA) is 35.2 Å². The Kier molecular flexibility index (Phi) is 3.95. The molecule has 106 valence electrons. The van der Waals surface area contributed by atoms with Crippen molar-refractivity contribution < 1.29 is 4.74 Å². The standard InChI is InChI=1S/C18H16BrNO/c1-21-17-11-15(19)8-9-16(17)18(20)14-7-6-12-4-2-3-5-13(12)10-14/h2-11,18H,20H2,1H3. The second-order valence-electron chi connectivity index (χ2n) is 4.97. The zero-order chi connectivity index (χ0) is 14.8. The molecule has 21 heavy (non-hydrogen) atoms. The first-order valence-corrected chi connectivity index (χ1v) is 7.56. The van der Waals surface area contributed by atoms with Crippen LogP contribution >= 0.6 is 15.9 Å². The van der Waals surface area contributed by atoms with E-state index in [1.165, 1.54) is 10.8 Å². The van der Waals surface area contributed by atoms with E-state index >= 15 is 0 Å². The number of ether oxygens (including phenoxy) is 1. The average molecular weight is 342 g/mol. The summed E-state index contributed by atoms with van der Waals surface area (Å²) in [6.45, 7) is 0. The second-order valence-corrected chi connectivity index (χ2v) is 5.89. The molecule has 0 spiro atoms. The molecule has 3 aromatic carbocycles. The van der Waals surface area contributed by atoms with Crippen molar-refractivity contribution in [1.82, 2.24) is 0 Å². The number of hydrogen-bond donors (Lipinski definition) is 1. The van der Waals surface area contributed by atoms with Gasteiger partial charge in [-0.3, -0.25) is 0 Å². The molecule has 3 heteroatoms. The molecule has 0 radical (unpaired) electrons. The first-order chi connectivity index (χ1) is 10.2. The van der Waals surface area contributed by atoms with Crippen molar-refractivity contribution in [3.05, 3.63) is 76.3 Å². The molecule has 0 amide bonds. The molecule has 0 saturated carbocycles. The molecule has 0 aliphatic rings. The van der Waals surface area contributed by atoms with Gasteiger partial charge in [0, 0.05) is 10.0 Å². The predicted molar refractivity (Wildman–Crippen MR) is 90.7 cm³/mol. The van der Waals surface area contributed by atoms with Crippen LogP contribution in [0, 0.1) is 0 Å². The van der Waals surface area contributed by atoms with Gasteiger partial charge in [0.25, 0.3) is 0 Å². The van der Waals surface area contributed by atoms with Crippen LogP contribution in [-0.4, -0.2) is 7.11 Å². The maximum Gasteiger partial charge on any atom is 0.125 e. The molecule has 1 unspecified atom stereocenters. The van der Waals surface area contributed by atoms with Crippen LogP contribution in [0.3, 0.4) is 0 Å². The van der Waals surface area contributed by atoms with E-state index < -0.39 is 0 Å². The zero-order valence-corrected chi connectivity index (χ0v) is 13.3. The fourth-order valence-electron chi connectivity index (χ4n) is 2.52. The zero-order valence-electron chi connectivity index (χ0n) is 11.7. The van der Waals surface area contributed by atoms with Crippen molar-refractivity contribution in [2.45, 2.75) is 6.04 Å². The van der Waals surface area contributed by atoms with Crippen molar-refractivity contribution in [1.29, 1.82) is 0 Å². The normalized spacial score (nSPS) is 12.3. The fraction of sp³-hybridized carbons (Fsp3) is 0.111. The first-order valence-electron chi connectivity index (χ1n) is 6.77. The van der Waals surface area contributed by atoms with E-state index in [9.17, 15) is 0 Å². The summed E-state index contributed by atoms with van der Waals surface area (Å²) in [6, 6.07) is 20.3. The molecule has 0 saturated heterocycles. The van der Waals surface area contributed by atoms with E-state index in [2.05, 4.69) is 46.3 Å². The summed E-state index contributed by atoms with van der Waals surface area (Å²) < 4.78 is 6.43. The van der Waals surface area contributed by atoms with Gasteiger partial charge >= 0.3 is 0 Å². The Bertz CT molecular complexity index is 785. The Hall–Kier alpha value is -1.84. The van der Waals surface area contributed by atoms with Crippen LogP contribution in [0.4, 0.5) is 0 Å². The maximum atomic E-state index is 6.44. The summed E-state index contributed by atoms with van der Waals surface area (Å²) in [4.78, 5) is 0. The van der Waals surface area contributed by atoms with Crippen LogP contribution in [0.2, 0.25) is 0 Å². The third-order valence-corrected chi connectivity index (χ3v) is 4.16. The highest BCUT2D eigenvalue weighted by Crippen LogP contribution is 2.32. The third-order valence-electron chi connectivity index (χ3n) is 3.66. The molecule has 0 aliphatic heterocycles. The van der Waals surface area contributed by atoms with Crippen molar-refractivity contribution in [2.75, 3.05) is 7.11 Å². The lowest BCUT2D eigenvalue weighted by atomic mass is 9.96. The number of rotatable bonds is 3. The van der Waals surface area contributed by atoms with E-state index in [0.717, 1.165) is 21.3 Å². The fourth-order valence-corrected chi connectivity index (χ4v) is 2.86. The summed E-state index contributed by atoms with van der Waals surface area (Å²) in [5.74, 6) is 0.796. The third kappa shape index (κ3) is 2.80. The number of hydrogen-bond acceptors (Lipinski definition) is 2. The van der Waals surface area contributed by atoms with Crippen LogP contribution in [0.5, 0.6) is 5.75 Å². The van der Waals surface area contributed by atoms with Gasteiger partial charge in [-0.25, -0.2) is 0 Å². The number of nitrogens with two attached hydrogens (primary N) is 1. The molecule has 2 nitrogen and oxygen atoms in total. The minimum Gasteiger partial charge on any atom is -0.496 e. The van der Waals surface area contributed by atoms with Crippen LogP contribution in [0.25, 0.3) is 10.8 Å². The molecule has 3 aromatic rings. The van der Waals surface area contributed by atoms with Gasteiger partial charge in [0.2, 0.25) is 0 Å². The van der Waals surface area contributed by atoms with Crippen molar-refractivity contribution in [2.24, 2.45) is 5.73 Å². The summed E-state index contributed by atoms with van der Waals surface area (Å²) in [7, 11) is 1.67. The van der Waals surface area contributed by atoms with E-state index in [4.69, 9.17) is 10.5 Å². The highest BCUT2D eigenvalue weighted by molar-refractivity contribution is 9.10. The molecule has 1 atom stereocenters. The SMILES string of the molecule is COc1cc(Br)ccc1C(N)c1ccc2ccccc2c1. The Balaban J connectivity index is 2.05. The smallest absolute Gasteiger partial charge is 0.125 e. The second kappa shape index (κ2) is 5.88. The van der Waals surface area contributed by atoms with E-state index in [0.29, 0.717) is 0 Å². The van der Waals surface area contributed by atoms with Crippen LogP contribution in [-0.2, 0) is 0 Å². The van der Waals surface area contributed by atoms with Gasteiger partial charge in [0.05, 0.1) is 13.2 Å². The summed E-state index contributed by atoms with van der Waals surface area (Å²) >= 11 is 3.45. The Morgan fingerprint density at radius 2 is 1.71 bits per heavy atom. The van der Waals surface area contributed by atoms with E-state index in [1.54, 1.807) is 7.11 Å². The molecule has 0 heterocycles. The minimum atomic E-state index is -0.211. The molecule has 2 N–H and O–H groups in total. The molecule has 0 aromatic heterocycles. The lowest BCUT2D eigenvalue weighted by Crippen LogP contribution is -2.13. The number of fused-ring (bicyclic) bond motifs is 1. The minimum absolute atomic E-state index is 0.211. The lowest BCUT2D eigenvalue weighted by Gasteiger charge is -2.17. The predicted octanol–water partition coefficient (Wildman–Crippen LogP) is 4.66. The quantitative estimate of drug-likeness (QED) is 0.751. The van der Waals surface area contributed by atoms with Gasteiger partial charge in [0.1, 0.15) is 5.75 Å². The van der Waals surface area contributed by atoms with Crippen LogP contribution in [0.1, 0.15) is 17.2 Å². The lowest BCUT2D eigenvalue weighted by molar-refractivity contribution is 0.407. The van der Waals surface area contributed by atoms with E-state index in [-0.39, 0.29) is 6.04 Å². The first kappa shape index (κ1) is 14.1. The van der Waals surface area contributed by atoms with Gasteiger partial charge < -0.3 is 10.5 Å². The monoisotopic (exact) mass is 341 g/mol.